The number of rotatable bonds is 17. The molecule has 7 heteroatoms. The van der Waals surface area contributed by atoms with Gasteiger partial charge in [0, 0.05) is 6.42 Å². The minimum absolute atomic E-state index is 0.176. The van der Waals surface area contributed by atoms with Crippen molar-refractivity contribution in [2.45, 2.75) is 104 Å². The smallest absolute Gasteiger partial charge is 0.362 e. The molecule has 3 unspecified atom stereocenters. The Morgan fingerprint density at radius 2 is 1.07 bits per heavy atom. The molecule has 0 radical (unpaired) electrons. The predicted octanol–water partition coefficient (Wildman–Crippen LogP) is 4.31. The Kier molecular flexibility index (Phi) is 13.2. The van der Waals surface area contributed by atoms with Crippen LogP contribution in [-0.4, -0.2) is 62.4 Å². The van der Waals surface area contributed by atoms with E-state index in [9.17, 15) is 29.7 Å². The molecule has 0 saturated heterocycles. The number of quaternary nitrogens is 1. The summed E-state index contributed by atoms with van der Waals surface area (Å²) in [7, 11) is 0. The Bertz CT molecular complexity index is 495. The van der Waals surface area contributed by atoms with E-state index in [0.717, 1.165) is 12.8 Å². The van der Waals surface area contributed by atoms with Crippen molar-refractivity contribution in [1.82, 2.24) is 0 Å². The first kappa shape index (κ1) is 27.1. The lowest BCUT2D eigenvalue weighted by Gasteiger charge is -2.47. The molecule has 0 fully saturated rings. The van der Waals surface area contributed by atoms with Crippen molar-refractivity contribution in [3.05, 3.63) is 12.2 Å². The summed E-state index contributed by atoms with van der Waals surface area (Å²) in [6.07, 6.45) is 13.7. The molecular weight excluding hydrogens is 374 g/mol. The fourth-order valence-electron chi connectivity index (χ4n) is 3.97. The first-order valence-electron chi connectivity index (χ1n) is 10.8. The third kappa shape index (κ3) is 8.56. The third-order valence-corrected chi connectivity index (χ3v) is 6.04. The van der Waals surface area contributed by atoms with Gasteiger partial charge in [0.15, 0.2) is 18.1 Å². The van der Waals surface area contributed by atoms with E-state index in [1.807, 2.05) is 6.08 Å². The molecular formula is C22H40NO6+. The lowest BCUT2D eigenvalue weighted by Crippen LogP contribution is -2.70. The fourth-order valence-corrected chi connectivity index (χ4v) is 3.97. The molecule has 0 aromatic rings. The number of carboxylic acids is 3. The third-order valence-electron chi connectivity index (χ3n) is 6.04. The van der Waals surface area contributed by atoms with Crippen molar-refractivity contribution in [1.29, 1.82) is 0 Å². The van der Waals surface area contributed by atoms with Crippen LogP contribution in [0.2, 0.25) is 0 Å². The van der Waals surface area contributed by atoms with Crippen molar-refractivity contribution >= 4 is 17.9 Å². The van der Waals surface area contributed by atoms with E-state index in [-0.39, 0.29) is 6.54 Å². The summed E-state index contributed by atoms with van der Waals surface area (Å²) in [4.78, 5) is 35.1. The van der Waals surface area contributed by atoms with Gasteiger partial charge in [-0.25, -0.2) is 14.4 Å². The van der Waals surface area contributed by atoms with E-state index < -0.39 is 40.5 Å². The zero-order chi connectivity index (χ0) is 22.4. The SMILES string of the molecule is CCCCCCCC/C=C/CCC[N+](C(C)C(=O)O)(C(C)C(=O)O)C(C)C(=O)O. The summed E-state index contributed by atoms with van der Waals surface area (Å²) in [5, 5.41) is 28.6. The maximum Gasteiger partial charge on any atom is 0.362 e. The van der Waals surface area contributed by atoms with Gasteiger partial charge in [0.25, 0.3) is 0 Å². The first-order valence-corrected chi connectivity index (χ1v) is 10.8. The van der Waals surface area contributed by atoms with Gasteiger partial charge in [-0.1, -0.05) is 51.2 Å². The van der Waals surface area contributed by atoms with Gasteiger partial charge in [0.05, 0.1) is 6.54 Å². The Morgan fingerprint density at radius 1 is 0.690 bits per heavy atom. The molecule has 0 spiro atoms. The molecule has 0 aliphatic carbocycles. The van der Waals surface area contributed by atoms with E-state index in [1.165, 1.54) is 52.9 Å². The number of carboxylic acid groups (broad SMARTS) is 3. The Balaban J connectivity index is 4.93. The second-order valence-corrected chi connectivity index (χ2v) is 7.93. The highest BCUT2D eigenvalue weighted by molar-refractivity contribution is 5.77. The van der Waals surface area contributed by atoms with Crippen LogP contribution >= 0.6 is 0 Å². The van der Waals surface area contributed by atoms with Gasteiger partial charge in [-0.15, -0.1) is 0 Å². The molecule has 0 rings (SSSR count). The summed E-state index contributed by atoms with van der Waals surface area (Å²) in [6, 6.07) is -3.42. The number of aliphatic carboxylic acids is 3. The number of hydrogen-bond donors (Lipinski definition) is 3. The normalized spacial score (nSPS) is 16.8. The average Bonchev–Trinajstić information content (AvgIpc) is 2.67. The minimum Gasteiger partial charge on any atom is -0.477 e. The second kappa shape index (κ2) is 14.1. The highest BCUT2D eigenvalue weighted by atomic mass is 16.4. The Morgan fingerprint density at radius 3 is 1.48 bits per heavy atom. The molecule has 168 valence electrons. The average molecular weight is 415 g/mol. The van der Waals surface area contributed by atoms with E-state index in [2.05, 4.69) is 13.0 Å². The zero-order valence-electron chi connectivity index (χ0n) is 18.5. The molecule has 7 nitrogen and oxygen atoms in total. The summed E-state index contributed by atoms with van der Waals surface area (Å²) in [5.41, 5.74) is 0. The van der Waals surface area contributed by atoms with Crippen LogP contribution in [0.5, 0.6) is 0 Å². The maximum absolute atomic E-state index is 11.7. The predicted molar refractivity (Wildman–Crippen MR) is 113 cm³/mol. The number of nitrogens with zero attached hydrogens (tertiary/aromatic N) is 1. The van der Waals surface area contributed by atoms with E-state index >= 15 is 0 Å². The van der Waals surface area contributed by atoms with Crippen LogP contribution in [0, 0.1) is 0 Å². The fraction of sp³-hybridized carbons (Fsp3) is 0.773. The van der Waals surface area contributed by atoms with Gasteiger partial charge in [0.2, 0.25) is 0 Å². The van der Waals surface area contributed by atoms with Crippen molar-refractivity contribution in [2.75, 3.05) is 6.54 Å². The van der Waals surface area contributed by atoms with Crippen LogP contribution in [-0.2, 0) is 14.4 Å². The molecule has 0 aromatic heterocycles. The van der Waals surface area contributed by atoms with Crippen molar-refractivity contribution < 1.29 is 34.2 Å². The number of carbonyl (C=O) groups is 3. The zero-order valence-corrected chi connectivity index (χ0v) is 18.5. The summed E-state index contributed by atoms with van der Waals surface area (Å²) < 4.78 is -0.509. The van der Waals surface area contributed by atoms with Crippen molar-refractivity contribution in [2.24, 2.45) is 0 Å². The largest absolute Gasteiger partial charge is 0.477 e. The van der Waals surface area contributed by atoms with Gasteiger partial charge in [0.1, 0.15) is 0 Å². The van der Waals surface area contributed by atoms with Gasteiger partial charge in [-0.3, -0.25) is 4.48 Å². The van der Waals surface area contributed by atoms with Crippen LogP contribution < -0.4 is 0 Å². The molecule has 0 aliphatic rings. The van der Waals surface area contributed by atoms with Crippen LogP contribution in [0.3, 0.4) is 0 Å². The molecule has 3 atom stereocenters. The maximum atomic E-state index is 11.7. The van der Waals surface area contributed by atoms with Gasteiger partial charge < -0.3 is 15.3 Å². The topological polar surface area (TPSA) is 112 Å². The number of allylic oxidation sites excluding steroid dienone is 2. The second-order valence-electron chi connectivity index (χ2n) is 7.93. The minimum atomic E-state index is -1.19. The molecule has 0 aliphatic heterocycles. The Hall–Kier alpha value is -1.89. The van der Waals surface area contributed by atoms with Crippen LogP contribution in [0.4, 0.5) is 0 Å². The molecule has 0 amide bonds. The molecule has 0 saturated carbocycles. The molecule has 3 N–H and O–H groups in total. The van der Waals surface area contributed by atoms with Gasteiger partial charge in [-0.05, 0) is 40.0 Å². The van der Waals surface area contributed by atoms with Crippen LogP contribution in [0.1, 0.15) is 85.5 Å². The van der Waals surface area contributed by atoms with E-state index in [1.54, 1.807) is 0 Å². The highest BCUT2D eigenvalue weighted by Gasteiger charge is 2.52. The lowest BCUT2D eigenvalue weighted by molar-refractivity contribution is -0.968. The molecule has 29 heavy (non-hydrogen) atoms. The van der Waals surface area contributed by atoms with Crippen LogP contribution in [0.15, 0.2) is 12.2 Å². The Labute approximate surface area is 175 Å². The van der Waals surface area contributed by atoms with E-state index in [0.29, 0.717) is 12.8 Å². The summed E-state index contributed by atoms with van der Waals surface area (Å²) >= 11 is 0. The monoisotopic (exact) mass is 414 g/mol. The quantitative estimate of drug-likeness (QED) is 0.186. The van der Waals surface area contributed by atoms with Gasteiger partial charge >= 0.3 is 17.9 Å². The standard InChI is InChI=1S/C22H39NO6/c1-5-6-7-8-9-10-11-12-13-14-15-16-23(17(2)20(24)25,18(3)21(26)27)19(4)22(28)29/h12-13,17-19H,5-11,14-16H2,1-4H3,(H2-,24,25,26,27,28,29)/p+1/b13-12+. The molecule has 0 aromatic carbocycles. The number of unbranched alkanes of at least 4 members (excludes halogenated alkanes) is 7. The molecule has 0 bridgehead atoms. The van der Waals surface area contributed by atoms with E-state index in [4.69, 9.17) is 0 Å². The first-order chi connectivity index (χ1) is 13.6. The van der Waals surface area contributed by atoms with Crippen LogP contribution in [0.25, 0.3) is 0 Å². The molecule has 0 heterocycles. The number of hydrogen-bond acceptors (Lipinski definition) is 3. The lowest BCUT2D eigenvalue weighted by atomic mass is 10.0. The van der Waals surface area contributed by atoms with Crippen molar-refractivity contribution in [3.63, 3.8) is 0 Å². The summed E-state index contributed by atoms with van der Waals surface area (Å²) in [5.74, 6) is -3.57. The highest BCUT2D eigenvalue weighted by Crippen LogP contribution is 2.27. The van der Waals surface area contributed by atoms with Gasteiger partial charge in [-0.2, -0.15) is 0 Å². The van der Waals surface area contributed by atoms with Crippen molar-refractivity contribution in [3.8, 4) is 0 Å². The summed E-state index contributed by atoms with van der Waals surface area (Å²) in [6.45, 7) is 6.57.